The maximum atomic E-state index is 12.8. The molecule has 1 saturated carbocycles. The van der Waals surface area contributed by atoms with Gasteiger partial charge in [-0.25, -0.2) is 0 Å². The van der Waals surface area contributed by atoms with Crippen LogP contribution in [0.15, 0.2) is 0 Å². The summed E-state index contributed by atoms with van der Waals surface area (Å²) in [4.78, 5) is 14.9. The number of carbonyl (C=O) groups is 1. The first-order valence-corrected chi connectivity index (χ1v) is 8.33. The first-order chi connectivity index (χ1) is 9.72. The molecule has 2 aliphatic rings. The Kier molecular flexibility index (Phi) is 5.85. The van der Waals surface area contributed by atoms with Crippen LogP contribution >= 0.6 is 0 Å². The van der Waals surface area contributed by atoms with Crippen molar-refractivity contribution in [2.45, 2.75) is 64.4 Å². The summed E-state index contributed by atoms with van der Waals surface area (Å²) < 4.78 is 5.81. The second-order valence-electron chi connectivity index (χ2n) is 6.35. The topological polar surface area (TPSA) is 55.6 Å². The molecule has 2 N–H and O–H groups in total. The van der Waals surface area contributed by atoms with E-state index in [4.69, 9.17) is 10.5 Å². The molecule has 0 unspecified atom stereocenters. The van der Waals surface area contributed by atoms with Crippen LogP contribution in [0.5, 0.6) is 0 Å². The normalized spacial score (nSPS) is 23.2. The molecule has 0 spiro atoms. The number of nitrogens with zero attached hydrogens (tertiary/aromatic N) is 1. The molecule has 0 radical (unpaired) electrons. The standard InChI is InChI=1S/C16H30N2O2/c1-2-16(8-3-4-9-16)15(19)18-11-6-14(7-12-18)20-13-5-10-17/h14H,2-13,17H2,1H3. The first kappa shape index (κ1) is 15.8. The lowest BCUT2D eigenvalue weighted by Crippen LogP contribution is -2.47. The molecular weight excluding hydrogens is 252 g/mol. The van der Waals surface area contributed by atoms with Crippen LogP contribution in [-0.4, -0.2) is 43.2 Å². The minimum atomic E-state index is -0.0345. The predicted molar refractivity (Wildman–Crippen MR) is 80.4 cm³/mol. The second kappa shape index (κ2) is 7.41. The van der Waals surface area contributed by atoms with E-state index in [9.17, 15) is 4.79 Å². The highest BCUT2D eigenvalue weighted by Gasteiger charge is 2.42. The summed E-state index contributed by atoms with van der Waals surface area (Å²) in [7, 11) is 0. The molecule has 0 aromatic rings. The molecule has 1 aliphatic heterocycles. The molecule has 0 aromatic heterocycles. The zero-order valence-corrected chi connectivity index (χ0v) is 12.9. The number of amides is 1. The molecule has 0 aromatic carbocycles. The zero-order chi connectivity index (χ0) is 14.4. The monoisotopic (exact) mass is 282 g/mol. The smallest absolute Gasteiger partial charge is 0.228 e. The van der Waals surface area contributed by atoms with Gasteiger partial charge in [0, 0.05) is 25.1 Å². The molecule has 0 bridgehead atoms. The Morgan fingerprint density at radius 2 is 1.95 bits per heavy atom. The Hall–Kier alpha value is -0.610. The Balaban J connectivity index is 1.79. The van der Waals surface area contributed by atoms with Crippen LogP contribution in [0, 0.1) is 5.41 Å². The fourth-order valence-corrected chi connectivity index (χ4v) is 3.66. The highest BCUT2D eigenvalue weighted by atomic mass is 16.5. The minimum absolute atomic E-state index is 0.0345. The number of rotatable bonds is 6. The number of nitrogens with two attached hydrogens (primary N) is 1. The van der Waals surface area contributed by atoms with Crippen molar-refractivity contribution in [3.05, 3.63) is 0 Å². The van der Waals surface area contributed by atoms with Crippen LogP contribution in [0.25, 0.3) is 0 Å². The van der Waals surface area contributed by atoms with Crippen molar-refractivity contribution < 1.29 is 9.53 Å². The molecule has 4 heteroatoms. The van der Waals surface area contributed by atoms with Crippen molar-refractivity contribution in [2.24, 2.45) is 11.1 Å². The fraction of sp³-hybridized carbons (Fsp3) is 0.938. The summed E-state index contributed by atoms with van der Waals surface area (Å²) in [6, 6.07) is 0. The summed E-state index contributed by atoms with van der Waals surface area (Å²) in [5.41, 5.74) is 5.44. The van der Waals surface area contributed by atoms with Crippen molar-refractivity contribution in [1.82, 2.24) is 4.90 Å². The summed E-state index contributed by atoms with van der Waals surface area (Å²) in [5, 5.41) is 0. The van der Waals surface area contributed by atoms with Crippen LogP contribution < -0.4 is 5.73 Å². The van der Waals surface area contributed by atoms with E-state index < -0.39 is 0 Å². The van der Waals surface area contributed by atoms with Gasteiger partial charge in [-0.1, -0.05) is 19.8 Å². The highest BCUT2D eigenvalue weighted by molar-refractivity contribution is 5.83. The van der Waals surface area contributed by atoms with Gasteiger partial charge in [0.2, 0.25) is 5.91 Å². The van der Waals surface area contributed by atoms with E-state index >= 15 is 0 Å². The van der Waals surface area contributed by atoms with Gasteiger partial charge in [0.1, 0.15) is 0 Å². The third-order valence-electron chi connectivity index (χ3n) is 5.12. The third-order valence-corrected chi connectivity index (χ3v) is 5.12. The van der Waals surface area contributed by atoms with Gasteiger partial charge in [-0.05, 0) is 45.1 Å². The largest absolute Gasteiger partial charge is 0.378 e. The molecule has 20 heavy (non-hydrogen) atoms. The van der Waals surface area contributed by atoms with Gasteiger partial charge < -0.3 is 15.4 Å². The molecule has 2 fully saturated rings. The number of hydrogen-bond acceptors (Lipinski definition) is 3. The van der Waals surface area contributed by atoms with Gasteiger partial charge >= 0.3 is 0 Å². The fourth-order valence-electron chi connectivity index (χ4n) is 3.66. The highest BCUT2D eigenvalue weighted by Crippen LogP contribution is 2.42. The Morgan fingerprint density at radius 1 is 1.30 bits per heavy atom. The zero-order valence-electron chi connectivity index (χ0n) is 12.9. The Morgan fingerprint density at radius 3 is 2.50 bits per heavy atom. The third kappa shape index (κ3) is 3.53. The van der Waals surface area contributed by atoms with E-state index in [2.05, 4.69) is 11.8 Å². The molecule has 1 heterocycles. The van der Waals surface area contributed by atoms with Gasteiger partial charge in [-0.3, -0.25) is 4.79 Å². The minimum Gasteiger partial charge on any atom is -0.378 e. The van der Waals surface area contributed by atoms with Crippen LogP contribution in [0.3, 0.4) is 0 Å². The van der Waals surface area contributed by atoms with Gasteiger partial charge in [0.25, 0.3) is 0 Å². The number of ether oxygens (including phenoxy) is 1. The Bertz CT molecular complexity index is 306. The van der Waals surface area contributed by atoms with Crippen molar-refractivity contribution >= 4 is 5.91 Å². The molecule has 1 amide bonds. The van der Waals surface area contributed by atoms with Crippen LogP contribution in [-0.2, 0) is 9.53 Å². The quantitative estimate of drug-likeness (QED) is 0.761. The van der Waals surface area contributed by atoms with Gasteiger partial charge in [-0.15, -0.1) is 0 Å². The summed E-state index contributed by atoms with van der Waals surface area (Å²) in [6.07, 6.45) is 8.84. The van der Waals surface area contributed by atoms with Crippen molar-refractivity contribution in [3.8, 4) is 0 Å². The van der Waals surface area contributed by atoms with E-state index in [1.54, 1.807) is 0 Å². The van der Waals surface area contributed by atoms with Crippen LogP contribution in [0.2, 0.25) is 0 Å². The summed E-state index contributed by atoms with van der Waals surface area (Å²) in [5.74, 6) is 0.415. The summed E-state index contributed by atoms with van der Waals surface area (Å²) >= 11 is 0. The first-order valence-electron chi connectivity index (χ1n) is 8.33. The lowest BCUT2D eigenvalue weighted by Gasteiger charge is -2.38. The van der Waals surface area contributed by atoms with E-state index in [0.29, 0.717) is 18.6 Å². The predicted octanol–water partition coefficient (Wildman–Crippen LogP) is 2.31. The molecule has 2 rings (SSSR count). The van der Waals surface area contributed by atoms with Crippen molar-refractivity contribution in [2.75, 3.05) is 26.2 Å². The maximum absolute atomic E-state index is 12.8. The van der Waals surface area contributed by atoms with Crippen LogP contribution in [0.1, 0.15) is 58.3 Å². The SMILES string of the molecule is CCC1(C(=O)N2CCC(OCCCN)CC2)CCCC1. The average molecular weight is 282 g/mol. The molecule has 1 aliphatic carbocycles. The maximum Gasteiger partial charge on any atom is 0.228 e. The van der Waals surface area contributed by atoms with Crippen LogP contribution in [0.4, 0.5) is 0 Å². The van der Waals surface area contributed by atoms with E-state index in [1.165, 1.54) is 12.8 Å². The average Bonchev–Trinajstić information content (AvgIpc) is 2.98. The van der Waals surface area contributed by atoms with E-state index in [0.717, 1.165) is 58.2 Å². The molecular formula is C16H30N2O2. The lowest BCUT2D eigenvalue weighted by atomic mass is 9.81. The van der Waals surface area contributed by atoms with Crippen molar-refractivity contribution in [3.63, 3.8) is 0 Å². The Labute approximate surface area is 123 Å². The van der Waals surface area contributed by atoms with E-state index in [1.807, 2.05) is 0 Å². The second-order valence-corrected chi connectivity index (χ2v) is 6.35. The van der Waals surface area contributed by atoms with Crippen molar-refractivity contribution in [1.29, 1.82) is 0 Å². The molecule has 116 valence electrons. The van der Waals surface area contributed by atoms with Gasteiger partial charge in [0.15, 0.2) is 0 Å². The number of hydrogen-bond donors (Lipinski definition) is 1. The lowest BCUT2D eigenvalue weighted by molar-refractivity contribution is -0.144. The number of carbonyl (C=O) groups excluding carboxylic acids is 1. The van der Waals surface area contributed by atoms with Gasteiger partial charge in [-0.2, -0.15) is 0 Å². The molecule has 1 saturated heterocycles. The molecule has 4 nitrogen and oxygen atoms in total. The van der Waals surface area contributed by atoms with Gasteiger partial charge in [0.05, 0.1) is 6.10 Å². The van der Waals surface area contributed by atoms with E-state index in [-0.39, 0.29) is 5.41 Å². The number of piperidine rings is 1. The summed E-state index contributed by atoms with van der Waals surface area (Å²) in [6.45, 7) is 5.36. The number of likely N-dealkylation sites (tertiary alicyclic amines) is 1. The molecule has 0 atom stereocenters.